The van der Waals surface area contributed by atoms with E-state index in [1.807, 2.05) is 45.0 Å². The normalized spacial score (nSPS) is 11.7. The van der Waals surface area contributed by atoms with E-state index in [0.717, 1.165) is 16.7 Å². The zero-order valence-corrected chi connectivity index (χ0v) is 17.8. The monoisotopic (exact) mass is 419 g/mol. The highest BCUT2D eigenvalue weighted by atomic mass is 16.2. The summed E-state index contributed by atoms with van der Waals surface area (Å²) >= 11 is 0. The fraction of sp³-hybridized carbons (Fsp3) is 0.261. The van der Waals surface area contributed by atoms with Gasteiger partial charge in [0.1, 0.15) is 0 Å². The average Bonchev–Trinajstić information content (AvgIpc) is 3.25. The standard InChI is InChI=1S/C23H25N5O3/c1-14-4-5-18(12-15(14)2)21(29)10-11-22(30)25-16(3)17-6-8-19(9-7-17)28-13-20(23(24)31)26-27-28/h4-9,12-13,16H,10-11H2,1-3H3,(H2,24,31)(H,25,30)/t16-/m1/s1. The summed E-state index contributed by atoms with van der Waals surface area (Å²) in [4.78, 5) is 35.8. The van der Waals surface area contributed by atoms with E-state index in [9.17, 15) is 14.4 Å². The number of aromatic nitrogens is 3. The maximum atomic E-state index is 12.4. The minimum Gasteiger partial charge on any atom is -0.364 e. The number of amides is 2. The van der Waals surface area contributed by atoms with Crippen LogP contribution in [0.5, 0.6) is 0 Å². The van der Waals surface area contributed by atoms with Crippen LogP contribution in [0.3, 0.4) is 0 Å². The van der Waals surface area contributed by atoms with Gasteiger partial charge >= 0.3 is 0 Å². The molecule has 0 saturated carbocycles. The second-order valence-electron chi connectivity index (χ2n) is 7.52. The average molecular weight is 419 g/mol. The Morgan fingerprint density at radius 2 is 1.74 bits per heavy atom. The molecule has 31 heavy (non-hydrogen) atoms. The van der Waals surface area contributed by atoms with E-state index in [2.05, 4.69) is 15.6 Å². The number of nitrogens with one attached hydrogen (secondary N) is 1. The lowest BCUT2D eigenvalue weighted by atomic mass is 10.0. The van der Waals surface area contributed by atoms with Crippen LogP contribution in [0.15, 0.2) is 48.7 Å². The molecule has 160 valence electrons. The summed E-state index contributed by atoms with van der Waals surface area (Å²) < 4.78 is 1.45. The van der Waals surface area contributed by atoms with Gasteiger partial charge in [-0.3, -0.25) is 14.4 Å². The Morgan fingerprint density at radius 3 is 2.35 bits per heavy atom. The number of hydrogen-bond acceptors (Lipinski definition) is 5. The van der Waals surface area contributed by atoms with Gasteiger partial charge in [0, 0.05) is 18.4 Å². The molecule has 1 atom stereocenters. The molecule has 0 spiro atoms. The molecule has 3 aromatic rings. The molecule has 0 unspecified atom stereocenters. The van der Waals surface area contributed by atoms with Gasteiger partial charge in [0.05, 0.1) is 17.9 Å². The first-order valence-corrected chi connectivity index (χ1v) is 9.97. The third kappa shape index (κ3) is 5.42. The Kier molecular flexibility index (Phi) is 6.59. The molecule has 1 heterocycles. The Bertz CT molecular complexity index is 1120. The van der Waals surface area contributed by atoms with Gasteiger partial charge in [0.2, 0.25) is 5.91 Å². The molecule has 0 bridgehead atoms. The predicted octanol–water partition coefficient (Wildman–Crippen LogP) is 2.82. The molecule has 2 aromatic carbocycles. The maximum Gasteiger partial charge on any atom is 0.270 e. The summed E-state index contributed by atoms with van der Waals surface area (Å²) in [5.41, 5.74) is 9.70. The molecular weight excluding hydrogens is 394 g/mol. The number of nitrogens with zero attached hydrogens (tertiary/aromatic N) is 3. The summed E-state index contributed by atoms with van der Waals surface area (Å²) in [5.74, 6) is -0.871. The van der Waals surface area contributed by atoms with Crippen molar-refractivity contribution in [1.82, 2.24) is 20.3 Å². The van der Waals surface area contributed by atoms with Crippen LogP contribution in [0.1, 0.15) is 63.3 Å². The minimum absolute atomic E-state index is 0.0431. The largest absolute Gasteiger partial charge is 0.364 e. The summed E-state index contributed by atoms with van der Waals surface area (Å²) in [6, 6.07) is 12.7. The van der Waals surface area contributed by atoms with Crippen molar-refractivity contribution < 1.29 is 14.4 Å². The van der Waals surface area contributed by atoms with Crippen molar-refractivity contribution in [2.45, 2.75) is 39.7 Å². The van der Waals surface area contributed by atoms with Crippen molar-refractivity contribution >= 4 is 17.6 Å². The molecule has 3 rings (SSSR count). The number of hydrogen-bond donors (Lipinski definition) is 2. The van der Waals surface area contributed by atoms with E-state index < -0.39 is 5.91 Å². The first-order chi connectivity index (χ1) is 14.7. The Morgan fingerprint density at radius 1 is 1.03 bits per heavy atom. The van der Waals surface area contributed by atoms with Gasteiger partial charge in [0.15, 0.2) is 11.5 Å². The van der Waals surface area contributed by atoms with Crippen molar-refractivity contribution in [2.75, 3.05) is 0 Å². The Balaban J connectivity index is 1.54. The topological polar surface area (TPSA) is 120 Å². The molecule has 0 aliphatic carbocycles. The number of nitrogens with two attached hydrogens (primary N) is 1. The smallest absolute Gasteiger partial charge is 0.270 e. The minimum atomic E-state index is -0.643. The number of aryl methyl sites for hydroxylation is 2. The van der Waals surface area contributed by atoms with Crippen LogP contribution in [0.4, 0.5) is 0 Å². The molecule has 2 amide bonds. The zero-order chi connectivity index (χ0) is 22.5. The van der Waals surface area contributed by atoms with E-state index in [4.69, 9.17) is 5.73 Å². The number of rotatable bonds is 8. The lowest BCUT2D eigenvalue weighted by molar-refractivity contribution is -0.121. The SMILES string of the molecule is Cc1ccc(C(=O)CCC(=O)N[C@H](C)c2ccc(-n3cc(C(N)=O)nn3)cc2)cc1C. The molecule has 0 aliphatic heterocycles. The highest BCUT2D eigenvalue weighted by Gasteiger charge is 2.14. The van der Waals surface area contributed by atoms with Gasteiger partial charge in [-0.1, -0.05) is 29.5 Å². The van der Waals surface area contributed by atoms with Crippen LogP contribution < -0.4 is 11.1 Å². The predicted molar refractivity (Wildman–Crippen MR) is 116 cm³/mol. The van der Waals surface area contributed by atoms with E-state index in [1.54, 1.807) is 18.2 Å². The van der Waals surface area contributed by atoms with Gasteiger partial charge in [0.25, 0.3) is 5.91 Å². The van der Waals surface area contributed by atoms with Crippen molar-refractivity contribution in [2.24, 2.45) is 5.73 Å². The lowest BCUT2D eigenvalue weighted by Gasteiger charge is -2.15. The maximum absolute atomic E-state index is 12.4. The Labute approximate surface area is 180 Å². The first-order valence-electron chi connectivity index (χ1n) is 9.97. The van der Waals surface area contributed by atoms with Crippen LogP contribution in [0.25, 0.3) is 5.69 Å². The van der Waals surface area contributed by atoms with Crippen LogP contribution >= 0.6 is 0 Å². The fourth-order valence-corrected chi connectivity index (χ4v) is 3.10. The van der Waals surface area contributed by atoms with Gasteiger partial charge < -0.3 is 11.1 Å². The summed E-state index contributed by atoms with van der Waals surface area (Å²) in [5, 5.41) is 10.5. The van der Waals surface area contributed by atoms with E-state index in [-0.39, 0.29) is 36.3 Å². The number of primary amides is 1. The molecule has 8 nitrogen and oxygen atoms in total. The van der Waals surface area contributed by atoms with Crippen LogP contribution in [0, 0.1) is 13.8 Å². The lowest BCUT2D eigenvalue weighted by Crippen LogP contribution is -2.27. The second kappa shape index (κ2) is 9.34. The molecule has 0 radical (unpaired) electrons. The van der Waals surface area contributed by atoms with Gasteiger partial charge in [-0.25, -0.2) is 4.68 Å². The van der Waals surface area contributed by atoms with Crippen molar-refractivity contribution in [3.05, 3.63) is 76.6 Å². The summed E-state index contributed by atoms with van der Waals surface area (Å²) in [7, 11) is 0. The summed E-state index contributed by atoms with van der Waals surface area (Å²) in [6.07, 6.45) is 1.74. The molecular formula is C23H25N5O3. The number of Topliss-reactive ketones (excluding diaryl/α,β-unsaturated/α-hetero) is 1. The first kappa shape index (κ1) is 21.9. The molecule has 0 fully saturated rings. The van der Waals surface area contributed by atoms with Crippen LogP contribution in [0.2, 0.25) is 0 Å². The second-order valence-corrected chi connectivity index (χ2v) is 7.52. The summed E-state index contributed by atoms with van der Waals surface area (Å²) in [6.45, 7) is 5.83. The van der Waals surface area contributed by atoms with Crippen molar-refractivity contribution in [3.63, 3.8) is 0 Å². The number of carbonyl (C=O) groups is 3. The zero-order valence-electron chi connectivity index (χ0n) is 17.8. The number of benzene rings is 2. The molecule has 0 aliphatic rings. The quantitative estimate of drug-likeness (QED) is 0.544. The fourth-order valence-electron chi connectivity index (χ4n) is 3.10. The molecule has 1 aromatic heterocycles. The van der Waals surface area contributed by atoms with Gasteiger partial charge in [-0.2, -0.15) is 0 Å². The molecule has 3 N–H and O–H groups in total. The number of carbonyl (C=O) groups excluding carboxylic acids is 3. The third-order valence-electron chi connectivity index (χ3n) is 5.19. The van der Waals surface area contributed by atoms with Crippen LogP contribution in [-0.4, -0.2) is 32.6 Å². The highest BCUT2D eigenvalue weighted by molar-refractivity contribution is 5.98. The van der Waals surface area contributed by atoms with Crippen molar-refractivity contribution in [3.8, 4) is 5.69 Å². The third-order valence-corrected chi connectivity index (χ3v) is 5.19. The van der Waals surface area contributed by atoms with Crippen molar-refractivity contribution in [1.29, 1.82) is 0 Å². The van der Waals surface area contributed by atoms with Crippen LogP contribution in [-0.2, 0) is 4.79 Å². The molecule has 8 heteroatoms. The van der Waals surface area contributed by atoms with E-state index in [1.165, 1.54) is 10.9 Å². The Hall–Kier alpha value is -3.81. The van der Waals surface area contributed by atoms with E-state index >= 15 is 0 Å². The molecule has 0 saturated heterocycles. The van der Waals surface area contributed by atoms with E-state index in [0.29, 0.717) is 11.3 Å². The van der Waals surface area contributed by atoms with Gasteiger partial charge in [-0.15, -0.1) is 5.10 Å². The highest BCUT2D eigenvalue weighted by Crippen LogP contribution is 2.17. The number of ketones is 1. The van der Waals surface area contributed by atoms with Gasteiger partial charge in [-0.05, 0) is 55.7 Å².